The van der Waals surface area contributed by atoms with Crippen LogP contribution in [0.1, 0.15) is 35.8 Å². The molecule has 2 heterocycles. The van der Waals surface area contributed by atoms with Gasteiger partial charge in [0.05, 0.1) is 11.8 Å². The molecule has 0 radical (unpaired) electrons. The molecule has 2 aliphatic rings. The molecule has 1 unspecified atom stereocenters. The van der Waals surface area contributed by atoms with Crippen molar-refractivity contribution >= 4 is 35.1 Å². The predicted molar refractivity (Wildman–Crippen MR) is 183 cm³/mol. The molecule has 2 saturated heterocycles. The Morgan fingerprint density at radius 2 is 0.913 bits per heavy atom. The Balaban J connectivity index is 1.09. The molecule has 4 aromatic carbocycles. The first-order valence-electron chi connectivity index (χ1n) is 15.8. The Labute approximate surface area is 280 Å². The van der Waals surface area contributed by atoms with Crippen LogP contribution < -0.4 is 9.47 Å². The van der Waals surface area contributed by atoms with Crippen molar-refractivity contribution in [3.63, 3.8) is 0 Å². The molecule has 0 aliphatic carbocycles. The average Bonchev–Trinajstić information content (AvgIpc) is 3.06. The van der Waals surface area contributed by atoms with Gasteiger partial charge in [-0.25, -0.2) is 0 Å². The number of benzene rings is 4. The monoisotopic (exact) mass is 656 g/mol. The van der Waals surface area contributed by atoms with Gasteiger partial charge in [-0.3, -0.25) is 9.59 Å². The summed E-state index contributed by atoms with van der Waals surface area (Å²) < 4.78 is 11.8. The molecule has 46 heavy (non-hydrogen) atoms. The number of ether oxygens (including phenoxy) is 2. The van der Waals surface area contributed by atoms with Crippen LogP contribution in [0.5, 0.6) is 11.5 Å². The lowest BCUT2D eigenvalue weighted by molar-refractivity contribution is -0.142. The van der Waals surface area contributed by atoms with E-state index < -0.39 is 0 Å². The highest BCUT2D eigenvalue weighted by Crippen LogP contribution is 2.36. The minimum absolute atomic E-state index is 0.0789. The summed E-state index contributed by atoms with van der Waals surface area (Å²) in [5.74, 6) is 0.173. The Morgan fingerprint density at radius 3 is 1.26 bits per heavy atom. The van der Waals surface area contributed by atoms with Crippen LogP contribution in [0.3, 0.4) is 0 Å². The quantitative estimate of drug-likeness (QED) is 0.149. The second kappa shape index (κ2) is 14.4. The largest absolute Gasteiger partial charge is 0.426 e. The number of hydrogen-bond acceptors (Lipinski definition) is 6. The number of halogens is 2. The summed E-state index contributed by atoms with van der Waals surface area (Å²) in [6.45, 7) is 3.12. The second-order valence-corrected chi connectivity index (χ2v) is 13.4. The number of esters is 2. The van der Waals surface area contributed by atoms with Gasteiger partial charge in [0.25, 0.3) is 0 Å². The van der Waals surface area contributed by atoms with E-state index in [0.29, 0.717) is 34.6 Å². The van der Waals surface area contributed by atoms with Gasteiger partial charge in [0.2, 0.25) is 0 Å². The van der Waals surface area contributed by atoms with Gasteiger partial charge in [-0.05, 0) is 123 Å². The summed E-state index contributed by atoms with van der Waals surface area (Å²) in [6.07, 6.45) is 1.76. The number of carbonyl (C=O) groups excluding carboxylic acids is 2. The fraction of sp³-hybridized carbons (Fsp3) is 0.316. The number of piperidine rings is 2. The third-order valence-electron chi connectivity index (χ3n) is 9.31. The molecule has 2 aliphatic heterocycles. The normalized spacial score (nSPS) is 22.3. The summed E-state index contributed by atoms with van der Waals surface area (Å²) in [5.41, 5.74) is 4.14. The van der Waals surface area contributed by atoms with Gasteiger partial charge in [0.15, 0.2) is 0 Å². The summed E-state index contributed by atoms with van der Waals surface area (Å²) in [4.78, 5) is 31.1. The Hall–Kier alpha value is -3.68. The van der Waals surface area contributed by atoms with E-state index in [9.17, 15) is 9.59 Å². The van der Waals surface area contributed by atoms with E-state index in [1.54, 1.807) is 0 Å². The lowest BCUT2D eigenvalue weighted by Gasteiger charge is -2.35. The highest BCUT2D eigenvalue weighted by molar-refractivity contribution is 6.30. The van der Waals surface area contributed by atoms with E-state index in [0.717, 1.165) is 48.2 Å². The van der Waals surface area contributed by atoms with Gasteiger partial charge in [0, 0.05) is 23.1 Å². The summed E-state index contributed by atoms with van der Waals surface area (Å²) in [6, 6.07) is 30.5. The molecule has 8 heteroatoms. The van der Waals surface area contributed by atoms with Crippen molar-refractivity contribution < 1.29 is 19.1 Å². The maximum absolute atomic E-state index is 13.4. The molecule has 2 fully saturated rings. The van der Waals surface area contributed by atoms with Crippen LogP contribution in [0, 0.1) is 11.8 Å². The van der Waals surface area contributed by atoms with Crippen LogP contribution in [0.4, 0.5) is 0 Å². The van der Waals surface area contributed by atoms with E-state index in [-0.39, 0.29) is 35.6 Å². The lowest BCUT2D eigenvalue weighted by atomic mass is 9.80. The first-order valence-corrected chi connectivity index (χ1v) is 16.5. The number of likely N-dealkylation sites (tertiary alicyclic amines) is 2. The Morgan fingerprint density at radius 1 is 0.565 bits per heavy atom. The van der Waals surface area contributed by atoms with Crippen LogP contribution >= 0.6 is 23.2 Å². The zero-order chi connectivity index (χ0) is 32.2. The predicted octanol–water partition coefficient (Wildman–Crippen LogP) is 7.94. The maximum atomic E-state index is 13.4. The number of hydrogen-bond donors (Lipinski definition) is 0. The fourth-order valence-corrected chi connectivity index (χ4v) is 6.99. The maximum Gasteiger partial charge on any atom is 0.316 e. The summed E-state index contributed by atoms with van der Waals surface area (Å²) in [7, 11) is 4.07. The Kier molecular flexibility index (Phi) is 10.1. The molecule has 4 atom stereocenters. The average molecular weight is 658 g/mol. The van der Waals surface area contributed by atoms with Crippen LogP contribution in [-0.4, -0.2) is 62.0 Å². The second-order valence-electron chi connectivity index (χ2n) is 12.5. The fourth-order valence-electron chi connectivity index (χ4n) is 6.74. The van der Waals surface area contributed by atoms with Crippen molar-refractivity contribution in [1.29, 1.82) is 0 Å². The molecule has 4 aromatic rings. The van der Waals surface area contributed by atoms with Crippen molar-refractivity contribution in [1.82, 2.24) is 9.80 Å². The van der Waals surface area contributed by atoms with Gasteiger partial charge in [-0.15, -0.1) is 0 Å². The molecule has 6 nitrogen and oxygen atoms in total. The molecular weight excluding hydrogens is 619 g/mol. The van der Waals surface area contributed by atoms with Crippen LogP contribution in [-0.2, 0) is 9.59 Å². The minimum atomic E-state index is -0.273. The van der Waals surface area contributed by atoms with Crippen molar-refractivity contribution in [3.8, 4) is 22.6 Å². The summed E-state index contributed by atoms with van der Waals surface area (Å²) >= 11 is 12.2. The number of rotatable bonds is 7. The zero-order valence-electron chi connectivity index (χ0n) is 26.1. The van der Waals surface area contributed by atoms with Gasteiger partial charge < -0.3 is 19.3 Å². The van der Waals surface area contributed by atoms with Gasteiger partial charge in [-0.2, -0.15) is 0 Å². The van der Waals surface area contributed by atoms with Gasteiger partial charge in [-0.1, -0.05) is 71.7 Å². The standard InChI is InChI=1S/C38H38Cl2N2O4/c1-41-21-19-33(27-3-11-29(39)12-4-27)35(23-41)37(43)45-31-15-7-25(8-16-31)26-9-17-32(18-10-26)46-38(44)36-24-42(2)22-20-34(36)28-5-13-30(40)14-6-28/h3-18,33-36H,19-24H2,1-2H3/t33-,34-,35+,36?/m1/s1. The number of carbonyl (C=O) groups is 2. The van der Waals surface area contributed by atoms with E-state index in [1.807, 2.05) is 111 Å². The topological polar surface area (TPSA) is 59.1 Å². The van der Waals surface area contributed by atoms with Crippen molar-refractivity contribution in [2.75, 3.05) is 40.3 Å². The third kappa shape index (κ3) is 7.64. The van der Waals surface area contributed by atoms with Crippen LogP contribution in [0.2, 0.25) is 10.0 Å². The minimum Gasteiger partial charge on any atom is -0.426 e. The van der Waals surface area contributed by atoms with Crippen molar-refractivity contribution in [2.45, 2.75) is 24.7 Å². The molecule has 6 rings (SSSR count). The molecule has 0 aromatic heterocycles. The van der Waals surface area contributed by atoms with Crippen LogP contribution in [0.25, 0.3) is 11.1 Å². The molecule has 0 amide bonds. The highest BCUT2D eigenvalue weighted by atomic mass is 35.5. The molecule has 0 bridgehead atoms. The lowest BCUT2D eigenvalue weighted by Crippen LogP contribution is -2.42. The Bertz CT molecular complexity index is 1520. The third-order valence-corrected chi connectivity index (χ3v) is 9.82. The van der Waals surface area contributed by atoms with E-state index >= 15 is 0 Å². The van der Waals surface area contributed by atoms with E-state index in [4.69, 9.17) is 32.7 Å². The molecule has 238 valence electrons. The van der Waals surface area contributed by atoms with Gasteiger partial charge >= 0.3 is 11.9 Å². The molecular formula is C38H38Cl2N2O4. The first-order chi connectivity index (χ1) is 22.2. The zero-order valence-corrected chi connectivity index (χ0v) is 27.6. The molecule has 0 spiro atoms. The SMILES string of the molecule is CN1CC[C@H](c2ccc(Cl)cc2)C(C(=O)Oc2ccc(-c3ccc(OC(=O)[C@H]4CN(C)CC[C@@H]4c4ccc(Cl)cc4)cc3)cc2)C1. The van der Waals surface area contributed by atoms with E-state index in [1.165, 1.54) is 0 Å². The molecule has 0 N–H and O–H groups in total. The number of nitrogens with zero attached hydrogens (tertiary/aromatic N) is 2. The smallest absolute Gasteiger partial charge is 0.316 e. The van der Waals surface area contributed by atoms with Gasteiger partial charge in [0.1, 0.15) is 11.5 Å². The van der Waals surface area contributed by atoms with Crippen molar-refractivity contribution in [3.05, 3.63) is 118 Å². The van der Waals surface area contributed by atoms with E-state index in [2.05, 4.69) is 9.80 Å². The van der Waals surface area contributed by atoms with Crippen LogP contribution in [0.15, 0.2) is 97.1 Å². The first kappa shape index (κ1) is 32.3. The molecule has 0 saturated carbocycles. The highest BCUT2D eigenvalue weighted by Gasteiger charge is 2.37. The summed E-state index contributed by atoms with van der Waals surface area (Å²) in [5, 5.41) is 1.37. The van der Waals surface area contributed by atoms with Crippen molar-refractivity contribution in [2.24, 2.45) is 11.8 Å².